The maximum Gasteiger partial charge on any atom is 0.338 e. The number of nitrogens with one attached hydrogen (secondary N) is 1. The lowest BCUT2D eigenvalue weighted by Crippen LogP contribution is -2.35. The zero-order chi connectivity index (χ0) is 14.3. The summed E-state index contributed by atoms with van der Waals surface area (Å²) in [4.78, 5) is 23.3. The van der Waals surface area contributed by atoms with Crippen LogP contribution in [0.3, 0.4) is 0 Å². The minimum absolute atomic E-state index is 0.247. The summed E-state index contributed by atoms with van der Waals surface area (Å²) in [6.45, 7) is 4.03. The van der Waals surface area contributed by atoms with Gasteiger partial charge in [0.1, 0.15) is 0 Å². The number of anilines is 1. The molecular formula is C14H20N2O3. The number of hydrogen-bond acceptors (Lipinski definition) is 4. The molecule has 1 atom stereocenters. The van der Waals surface area contributed by atoms with Crippen LogP contribution in [-0.2, 0) is 9.53 Å². The van der Waals surface area contributed by atoms with E-state index >= 15 is 0 Å². The molecular weight excluding hydrogens is 244 g/mol. The molecule has 5 nitrogen and oxygen atoms in total. The van der Waals surface area contributed by atoms with Gasteiger partial charge in [0, 0.05) is 5.69 Å². The number of benzene rings is 1. The van der Waals surface area contributed by atoms with Crippen molar-refractivity contribution in [1.82, 2.24) is 0 Å². The fourth-order valence-corrected chi connectivity index (χ4v) is 1.62. The number of carbonyl (C=O) groups is 2. The van der Waals surface area contributed by atoms with E-state index in [9.17, 15) is 9.59 Å². The molecule has 0 spiro atoms. The van der Waals surface area contributed by atoms with Crippen LogP contribution in [0.25, 0.3) is 0 Å². The maximum atomic E-state index is 11.8. The van der Waals surface area contributed by atoms with Gasteiger partial charge in [-0.15, -0.1) is 0 Å². The molecule has 0 heterocycles. The lowest BCUT2D eigenvalue weighted by molar-refractivity contribution is -0.117. The van der Waals surface area contributed by atoms with E-state index in [2.05, 4.69) is 5.32 Å². The summed E-state index contributed by atoms with van der Waals surface area (Å²) in [6, 6.07) is 6.08. The van der Waals surface area contributed by atoms with Crippen LogP contribution in [-0.4, -0.2) is 24.5 Å². The van der Waals surface area contributed by atoms with E-state index in [0.29, 0.717) is 24.3 Å². The van der Waals surface area contributed by atoms with Crippen LogP contribution >= 0.6 is 0 Å². The number of esters is 1. The van der Waals surface area contributed by atoms with E-state index in [4.69, 9.17) is 10.5 Å². The molecule has 1 aromatic rings. The van der Waals surface area contributed by atoms with Crippen molar-refractivity contribution in [3.8, 4) is 0 Å². The third-order valence-electron chi connectivity index (χ3n) is 2.58. The number of ether oxygens (including phenoxy) is 1. The molecule has 0 aliphatic carbocycles. The Bertz CT molecular complexity index is 446. The minimum atomic E-state index is -0.531. The van der Waals surface area contributed by atoms with Crippen LogP contribution in [0.5, 0.6) is 0 Å². The quantitative estimate of drug-likeness (QED) is 0.769. The number of rotatable bonds is 6. The predicted octanol–water partition coefficient (Wildman–Crippen LogP) is 1.93. The molecule has 1 aromatic carbocycles. The highest BCUT2D eigenvalue weighted by Gasteiger charge is 2.13. The normalized spacial score (nSPS) is 11.7. The van der Waals surface area contributed by atoms with Gasteiger partial charge in [0.2, 0.25) is 5.91 Å². The predicted molar refractivity (Wildman–Crippen MR) is 73.9 cm³/mol. The van der Waals surface area contributed by atoms with Gasteiger partial charge < -0.3 is 15.8 Å². The van der Waals surface area contributed by atoms with Gasteiger partial charge in [-0.2, -0.15) is 0 Å². The summed E-state index contributed by atoms with van der Waals surface area (Å²) in [5.41, 5.74) is 6.67. The van der Waals surface area contributed by atoms with Gasteiger partial charge in [-0.3, -0.25) is 4.79 Å². The van der Waals surface area contributed by atoms with Crippen molar-refractivity contribution in [2.75, 3.05) is 11.9 Å². The molecule has 0 fully saturated rings. The molecule has 1 amide bonds. The topological polar surface area (TPSA) is 81.4 Å². The van der Waals surface area contributed by atoms with Crippen LogP contribution in [0, 0.1) is 0 Å². The van der Waals surface area contributed by atoms with Gasteiger partial charge in [0.05, 0.1) is 18.2 Å². The standard InChI is InChI=1S/C14H20N2O3/c1-3-6-12(15)13(17)16-11-8-5-7-10(9-11)14(18)19-4-2/h5,7-9,12H,3-4,6,15H2,1-2H3,(H,16,17)/t12-/m1/s1. The monoisotopic (exact) mass is 264 g/mol. The molecule has 0 aromatic heterocycles. The highest BCUT2D eigenvalue weighted by atomic mass is 16.5. The molecule has 0 aliphatic rings. The smallest absolute Gasteiger partial charge is 0.338 e. The van der Waals surface area contributed by atoms with Gasteiger partial charge in [-0.1, -0.05) is 19.4 Å². The van der Waals surface area contributed by atoms with Crippen molar-refractivity contribution in [1.29, 1.82) is 0 Å². The Morgan fingerprint density at radius 3 is 2.74 bits per heavy atom. The zero-order valence-corrected chi connectivity index (χ0v) is 11.3. The highest BCUT2D eigenvalue weighted by Crippen LogP contribution is 2.12. The van der Waals surface area contributed by atoms with Crippen molar-refractivity contribution < 1.29 is 14.3 Å². The van der Waals surface area contributed by atoms with E-state index in [1.165, 1.54) is 0 Å². The molecule has 19 heavy (non-hydrogen) atoms. The van der Waals surface area contributed by atoms with E-state index in [-0.39, 0.29) is 5.91 Å². The van der Waals surface area contributed by atoms with Crippen LogP contribution in [0.2, 0.25) is 0 Å². The lowest BCUT2D eigenvalue weighted by atomic mass is 10.1. The van der Waals surface area contributed by atoms with Crippen LogP contribution in [0.15, 0.2) is 24.3 Å². The summed E-state index contributed by atoms with van der Waals surface area (Å²) in [5, 5.41) is 2.69. The van der Waals surface area contributed by atoms with Crippen LogP contribution < -0.4 is 11.1 Å². The number of hydrogen-bond donors (Lipinski definition) is 2. The molecule has 0 unspecified atom stereocenters. The largest absolute Gasteiger partial charge is 0.462 e. The first-order valence-corrected chi connectivity index (χ1v) is 6.42. The number of amides is 1. The van der Waals surface area contributed by atoms with Crippen molar-refractivity contribution in [2.45, 2.75) is 32.7 Å². The van der Waals surface area contributed by atoms with E-state index in [1.54, 1.807) is 31.2 Å². The molecule has 3 N–H and O–H groups in total. The van der Waals surface area contributed by atoms with Crippen LogP contribution in [0.4, 0.5) is 5.69 Å². The SMILES string of the molecule is CCC[C@@H](N)C(=O)Nc1cccc(C(=O)OCC)c1. The fourth-order valence-electron chi connectivity index (χ4n) is 1.62. The van der Waals surface area contributed by atoms with E-state index < -0.39 is 12.0 Å². The number of nitrogens with two attached hydrogens (primary N) is 1. The lowest BCUT2D eigenvalue weighted by Gasteiger charge is -2.11. The zero-order valence-electron chi connectivity index (χ0n) is 11.3. The summed E-state index contributed by atoms with van der Waals surface area (Å²) in [6.07, 6.45) is 1.47. The maximum absolute atomic E-state index is 11.8. The highest BCUT2D eigenvalue weighted by molar-refractivity contribution is 5.96. The van der Waals surface area contributed by atoms with Gasteiger partial charge in [0.15, 0.2) is 0 Å². The number of carbonyl (C=O) groups excluding carboxylic acids is 2. The molecule has 1 rings (SSSR count). The fraction of sp³-hybridized carbons (Fsp3) is 0.429. The molecule has 0 radical (unpaired) electrons. The van der Waals surface area contributed by atoms with Crippen molar-refractivity contribution in [3.05, 3.63) is 29.8 Å². The van der Waals surface area contributed by atoms with Gasteiger partial charge in [-0.25, -0.2) is 4.79 Å². The molecule has 0 bridgehead atoms. The average Bonchev–Trinajstić information content (AvgIpc) is 2.39. The summed E-state index contributed by atoms with van der Waals surface area (Å²) < 4.78 is 4.90. The van der Waals surface area contributed by atoms with Gasteiger partial charge >= 0.3 is 5.97 Å². The second kappa shape index (κ2) is 7.53. The Labute approximate surface area is 113 Å². The Morgan fingerprint density at radius 2 is 2.11 bits per heavy atom. The van der Waals surface area contributed by atoms with Crippen molar-refractivity contribution in [3.63, 3.8) is 0 Å². The minimum Gasteiger partial charge on any atom is -0.462 e. The Hall–Kier alpha value is -1.88. The third kappa shape index (κ3) is 4.71. The third-order valence-corrected chi connectivity index (χ3v) is 2.58. The molecule has 0 saturated carbocycles. The summed E-state index contributed by atoms with van der Waals surface area (Å²) in [7, 11) is 0. The van der Waals surface area contributed by atoms with Crippen molar-refractivity contribution in [2.24, 2.45) is 5.73 Å². The molecule has 5 heteroatoms. The first kappa shape index (κ1) is 15.2. The molecule has 0 saturated heterocycles. The second-order valence-corrected chi connectivity index (χ2v) is 4.19. The second-order valence-electron chi connectivity index (χ2n) is 4.19. The first-order chi connectivity index (χ1) is 9.08. The Kier molecular flexibility index (Phi) is 6.02. The van der Waals surface area contributed by atoms with Crippen molar-refractivity contribution >= 4 is 17.6 Å². The first-order valence-electron chi connectivity index (χ1n) is 6.42. The van der Waals surface area contributed by atoms with E-state index in [0.717, 1.165) is 6.42 Å². The van der Waals surface area contributed by atoms with Gasteiger partial charge in [-0.05, 0) is 31.5 Å². The summed E-state index contributed by atoms with van der Waals surface area (Å²) in [5.74, 6) is -0.653. The van der Waals surface area contributed by atoms with E-state index in [1.807, 2.05) is 6.92 Å². The van der Waals surface area contributed by atoms with Crippen LogP contribution in [0.1, 0.15) is 37.0 Å². The van der Waals surface area contributed by atoms with Gasteiger partial charge in [0.25, 0.3) is 0 Å². The molecule has 0 aliphatic heterocycles. The Balaban J connectivity index is 2.72. The summed E-state index contributed by atoms with van der Waals surface area (Å²) >= 11 is 0. The Morgan fingerprint density at radius 1 is 1.37 bits per heavy atom. The average molecular weight is 264 g/mol. The molecule has 104 valence electrons.